The van der Waals surface area contributed by atoms with E-state index in [1.165, 1.54) is 0 Å². The van der Waals surface area contributed by atoms with Gasteiger partial charge in [-0.1, -0.05) is 6.07 Å². The summed E-state index contributed by atoms with van der Waals surface area (Å²) in [4.78, 5) is 18.8. The Labute approximate surface area is 115 Å². The van der Waals surface area contributed by atoms with Crippen LogP contribution >= 0.6 is 0 Å². The Morgan fingerprint density at radius 3 is 2.90 bits per heavy atom. The largest absolute Gasteiger partial charge is 0.376 e. The van der Waals surface area contributed by atoms with Crippen molar-refractivity contribution in [2.45, 2.75) is 12.0 Å². The number of hydrogen-bond donors (Lipinski definition) is 1. The van der Waals surface area contributed by atoms with Crippen LogP contribution in [0.3, 0.4) is 0 Å². The normalized spacial score (nSPS) is 19.5. The highest BCUT2D eigenvalue weighted by atomic mass is 16.5. The molecule has 2 saturated heterocycles. The molecule has 2 aliphatic rings. The van der Waals surface area contributed by atoms with Gasteiger partial charge in [-0.15, -0.1) is 0 Å². The maximum atomic E-state index is 12.7. The van der Waals surface area contributed by atoms with E-state index in [0.29, 0.717) is 24.5 Å². The first-order valence-corrected chi connectivity index (χ1v) is 6.65. The van der Waals surface area contributed by atoms with E-state index in [0.717, 1.165) is 18.7 Å². The van der Waals surface area contributed by atoms with Crippen molar-refractivity contribution in [3.05, 3.63) is 36.2 Å². The number of rotatable bonds is 2. The summed E-state index contributed by atoms with van der Waals surface area (Å²) in [5.74, 6) is 0.00829. The Kier molecular flexibility index (Phi) is 2.40. The molecule has 0 saturated carbocycles. The van der Waals surface area contributed by atoms with Crippen LogP contribution in [-0.2, 0) is 4.74 Å². The number of hydrogen-bond acceptors (Lipinski definition) is 4. The molecule has 20 heavy (non-hydrogen) atoms. The molecule has 0 aliphatic carbocycles. The highest BCUT2D eigenvalue weighted by Gasteiger charge is 2.53. The molecule has 6 heteroatoms. The van der Waals surface area contributed by atoms with Crippen LogP contribution in [0.25, 0.3) is 11.4 Å². The van der Waals surface area contributed by atoms with E-state index in [4.69, 9.17) is 4.74 Å². The fourth-order valence-electron chi connectivity index (χ4n) is 2.79. The number of amides is 1. The van der Waals surface area contributed by atoms with Gasteiger partial charge in [-0.2, -0.15) is 5.10 Å². The molecule has 4 heterocycles. The number of nitrogens with one attached hydrogen (secondary N) is 1. The number of carbonyl (C=O) groups is 1. The molecule has 1 N–H and O–H groups in total. The van der Waals surface area contributed by atoms with Crippen LogP contribution in [0.2, 0.25) is 0 Å². The summed E-state index contributed by atoms with van der Waals surface area (Å²) in [6.07, 6.45) is 4.31. The zero-order valence-electron chi connectivity index (χ0n) is 10.9. The van der Waals surface area contributed by atoms with E-state index >= 15 is 0 Å². The van der Waals surface area contributed by atoms with Gasteiger partial charge in [0.05, 0.1) is 41.9 Å². The molecule has 102 valence electrons. The van der Waals surface area contributed by atoms with E-state index in [2.05, 4.69) is 15.2 Å². The monoisotopic (exact) mass is 270 g/mol. The van der Waals surface area contributed by atoms with Crippen LogP contribution in [0.5, 0.6) is 0 Å². The minimum atomic E-state index is -0.0598. The van der Waals surface area contributed by atoms with E-state index in [1.54, 1.807) is 12.4 Å². The maximum Gasteiger partial charge on any atom is 0.258 e. The van der Waals surface area contributed by atoms with Gasteiger partial charge in [-0.3, -0.25) is 14.9 Å². The van der Waals surface area contributed by atoms with Crippen molar-refractivity contribution in [3.8, 4) is 11.4 Å². The van der Waals surface area contributed by atoms with Gasteiger partial charge in [0.25, 0.3) is 5.91 Å². The summed E-state index contributed by atoms with van der Waals surface area (Å²) in [6, 6.07) is 5.60. The molecule has 2 fully saturated rings. The fourth-order valence-corrected chi connectivity index (χ4v) is 2.79. The van der Waals surface area contributed by atoms with E-state index in [-0.39, 0.29) is 11.4 Å². The Bertz CT molecular complexity index is 643. The molecule has 2 aromatic rings. The molecule has 0 aromatic carbocycles. The molecular formula is C14H14N4O2. The lowest BCUT2D eigenvalue weighted by molar-refractivity contribution is -0.172. The minimum absolute atomic E-state index is 0.00829. The zero-order valence-corrected chi connectivity index (χ0v) is 10.9. The first-order chi connectivity index (χ1) is 9.80. The fraction of sp³-hybridized carbons (Fsp3) is 0.357. The summed E-state index contributed by atoms with van der Waals surface area (Å²) < 4.78 is 5.26. The molecule has 1 spiro atoms. The molecule has 4 rings (SSSR count). The molecule has 1 amide bonds. The highest BCUT2D eigenvalue weighted by Crippen LogP contribution is 2.39. The highest BCUT2D eigenvalue weighted by molar-refractivity contribution is 6.00. The number of carbonyl (C=O) groups excluding carboxylic acids is 1. The second kappa shape index (κ2) is 4.14. The van der Waals surface area contributed by atoms with Crippen molar-refractivity contribution >= 4 is 5.91 Å². The van der Waals surface area contributed by atoms with Gasteiger partial charge in [0.2, 0.25) is 0 Å². The van der Waals surface area contributed by atoms with Crippen LogP contribution in [0.15, 0.2) is 30.6 Å². The van der Waals surface area contributed by atoms with Gasteiger partial charge >= 0.3 is 0 Å². The van der Waals surface area contributed by atoms with Crippen LogP contribution in [0, 0.1) is 0 Å². The summed E-state index contributed by atoms with van der Waals surface area (Å²) in [5.41, 5.74) is 1.93. The molecule has 2 aromatic heterocycles. The Balaban J connectivity index is 1.67. The predicted octanol–water partition coefficient (Wildman–Crippen LogP) is 1.09. The predicted molar refractivity (Wildman–Crippen MR) is 71.0 cm³/mol. The molecule has 0 bridgehead atoms. The Morgan fingerprint density at radius 1 is 1.40 bits per heavy atom. The summed E-state index contributed by atoms with van der Waals surface area (Å²) in [7, 11) is 0. The van der Waals surface area contributed by atoms with Crippen molar-refractivity contribution in [2.24, 2.45) is 0 Å². The lowest BCUT2D eigenvalue weighted by Gasteiger charge is -2.57. The third-order valence-electron chi connectivity index (χ3n) is 4.15. The number of H-pyrrole nitrogens is 1. The topological polar surface area (TPSA) is 71.1 Å². The number of aromatic amines is 1. The number of likely N-dealkylation sites (tertiary alicyclic amines) is 1. The number of pyridine rings is 1. The third-order valence-corrected chi connectivity index (χ3v) is 4.15. The molecule has 6 nitrogen and oxygen atoms in total. The van der Waals surface area contributed by atoms with Gasteiger partial charge in [-0.05, 0) is 18.6 Å². The molecular weight excluding hydrogens is 256 g/mol. The smallest absolute Gasteiger partial charge is 0.258 e. The first-order valence-electron chi connectivity index (χ1n) is 6.65. The summed E-state index contributed by atoms with van der Waals surface area (Å²) in [5, 5.41) is 6.89. The SMILES string of the molecule is O=C(c1cn[nH]c1-c1ccccn1)N1CCC12COC2. The molecule has 0 unspecified atom stereocenters. The summed E-state index contributed by atoms with van der Waals surface area (Å²) in [6.45, 7) is 2.08. The average molecular weight is 270 g/mol. The number of nitrogens with zero attached hydrogens (tertiary/aromatic N) is 3. The Morgan fingerprint density at radius 2 is 2.30 bits per heavy atom. The third kappa shape index (κ3) is 1.51. The second-order valence-electron chi connectivity index (χ2n) is 5.30. The van der Waals surface area contributed by atoms with Crippen molar-refractivity contribution in [1.82, 2.24) is 20.1 Å². The van der Waals surface area contributed by atoms with Crippen LogP contribution in [0.4, 0.5) is 0 Å². The molecule has 0 radical (unpaired) electrons. The lowest BCUT2D eigenvalue weighted by atomic mass is 9.82. The van der Waals surface area contributed by atoms with Crippen LogP contribution in [0.1, 0.15) is 16.8 Å². The van der Waals surface area contributed by atoms with E-state index in [9.17, 15) is 4.79 Å². The van der Waals surface area contributed by atoms with Gasteiger partial charge in [-0.25, -0.2) is 0 Å². The molecule has 2 aliphatic heterocycles. The van der Waals surface area contributed by atoms with Crippen molar-refractivity contribution < 1.29 is 9.53 Å². The number of aromatic nitrogens is 3. The number of ether oxygens (including phenoxy) is 1. The van der Waals surface area contributed by atoms with Crippen LogP contribution < -0.4 is 0 Å². The second-order valence-corrected chi connectivity index (χ2v) is 5.30. The van der Waals surface area contributed by atoms with Gasteiger partial charge in [0.15, 0.2) is 0 Å². The van der Waals surface area contributed by atoms with Crippen molar-refractivity contribution in [1.29, 1.82) is 0 Å². The quantitative estimate of drug-likeness (QED) is 0.886. The van der Waals surface area contributed by atoms with E-state index in [1.807, 2.05) is 23.1 Å². The maximum absolute atomic E-state index is 12.7. The van der Waals surface area contributed by atoms with Gasteiger partial charge in [0, 0.05) is 12.7 Å². The van der Waals surface area contributed by atoms with Gasteiger partial charge in [0.1, 0.15) is 0 Å². The summed E-state index contributed by atoms with van der Waals surface area (Å²) >= 11 is 0. The zero-order chi connectivity index (χ0) is 13.6. The van der Waals surface area contributed by atoms with Crippen LogP contribution in [-0.4, -0.2) is 51.3 Å². The minimum Gasteiger partial charge on any atom is -0.376 e. The Hall–Kier alpha value is -2.21. The molecule has 0 atom stereocenters. The standard InChI is InChI=1S/C14H14N4O2/c19-13(18-6-4-14(18)8-20-9-14)10-7-16-17-12(10)11-3-1-2-5-15-11/h1-3,5,7H,4,6,8-9H2,(H,16,17). The van der Waals surface area contributed by atoms with E-state index < -0.39 is 0 Å². The average Bonchev–Trinajstić information content (AvgIpc) is 2.86. The first kappa shape index (κ1) is 11.6. The van der Waals surface area contributed by atoms with Gasteiger partial charge < -0.3 is 9.64 Å². The van der Waals surface area contributed by atoms with Crippen molar-refractivity contribution in [2.75, 3.05) is 19.8 Å². The lowest BCUT2D eigenvalue weighted by Crippen LogP contribution is -2.72. The van der Waals surface area contributed by atoms with Crippen molar-refractivity contribution in [3.63, 3.8) is 0 Å².